The number of carbonyl (C=O) groups is 2. The molecule has 8 nitrogen and oxygen atoms in total. The standard InChI is InChI=1S/C32H50FN5O3/c33-25-17-23-28-31(29(25)37-14-9-22(34)18-37)41-27-16-21-8-2-1-7-20(21)15-26(27)38(28)19-24(30(23)39)32(40)35-10-3-4-11-36-12-5-6-13-36/h19-23,25-29,31H,1-18,34H2,(H,35,40). The fourth-order valence-corrected chi connectivity index (χ4v) is 9.72. The molecule has 3 N–H and O–H groups in total. The third-order valence-corrected chi connectivity index (χ3v) is 11.8. The van der Waals surface area contributed by atoms with Crippen LogP contribution in [0.5, 0.6) is 0 Å². The second kappa shape index (κ2) is 11.9. The van der Waals surface area contributed by atoms with Crippen LogP contribution in [0, 0.1) is 17.8 Å². The first-order valence-corrected chi connectivity index (χ1v) is 16.8. The molecule has 0 radical (unpaired) electrons. The lowest BCUT2D eigenvalue weighted by molar-refractivity contribution is -0.219. The van der Waals surface area contributed by atoms with Crippen LogP contribution >= 0.6 is 0 Å². The van der Waals surface area contributed by atoms with E-state index in [1.807, 2.05) is 6.20 Å². The average Bonchev–Trinajstić information content (AvgIpc) is 3.65. The quantitative estimate of drug-likeness (QED) is 0.359. The Labute approximate surface area is 244 Å². The number of halogens is 1. The predicted octanol–water partition coefficient (Wildman–Crippen LogP) is 2.61. The van der Waals surface area contributed by atoms with Gasteiger partial charge in [-0.15, -0.1) is 0 Å². The van der Waals surface area contributed by atoms with Gasteiger partial charge < -0.3 is 25.6 Å². The van der Waals surface area contributed by atoms with Gasteiger partial charge in [-0.25, -0.2) is 4.39 Å². The van der Waals surface area contributed by atoms with Gasteiger partial charge in [-0.1, -0.05) is 25.7 Å². The maximum Gasteiger partial charge on any atom is 0.256 e. The van der Waals surface area contributed by atoms with E-state index in [-0.39, 0.29) is 60.1 Å². The number of hydrogen-bond acceptors (Lipinski definition) is 7. The van der Waals surface area contributed by atoms with Crippen molar-refractivity contribution in [3.63, 3.8) is 0 Å². The Bertz CT molecular complexity index is 1020. The van der Waals surface area contributed by atoms with Crippen LogP contribution in [0.25, 0.3) is 0 Å². The molecule has 6 fully saturated rings. The van der Waals surface area contributed by atoms with Crippen LogP contribution < -0.4 is 11.1 Å². The van der Waals surface area contributed by atoms with E-state index in [1.165, 1.54) is 51.6 Å². The molecule has 0 aromatic heterocycles. The Balaban J connectivity index is 1.12. The van der Waals surface area contributed by atoms with E-state index in [4.69, 9.17) is 10.5 Å². The maximum atomic E-state index is 16.1. The zero-order valence-corrected chi connectivity index (χ0v) is 24.6. The van der Waals surface area contributed by atoms with Gasteiger partial charge in [-0.3, -0.25) is 14.5 Å². The molecule has 0 spiro atoms. The summed E-state index contributed by atoms with van der Waals surface area (Å²) in [4.78, 5) is 34.4. The van der Waals surface area contributed by atoms with E-state index in [0.29, 0.717) is 24.9 Å². The molecule has 0 aromatic carbocycles. The summed E-state index contributed by atoms with van der Waals surface area (Å²) in [5.41, 5.74) is 6.48. The number of nitrogens with two attached hydrogens (primary N) is 1. The number of unbranched alkanes of at least 4 members (excludes halogenated alkanes) is 1. The SMILES string of the molecule is NC1CCN(C2C(F)CC3C(=O)C(C(=O)NCCCCN4CCCC4)=CN4C5CC6CCCCC6CC5OC2C34)C1. The van der Waals surface area contributed by atoms with E-state index in [2.05, 4.69) is 20.0 Å². The molecule has 7 aliphatic rings. The summed E-state index contributed by atoms with van der Waals surface area (Å²) in [7, 11) is 0. The van der Waals surface area contributed by atoms with Gasteiger partial charge in [0, 0.05) is 37.8 Å². The van der Waals surface area contributed by atoms with Crippen molar-refractivity contribution in [3.8, 4) is 0 Å². The highest BCUT2D eigenvalue weighted by atomic mass is 19.1. The molecule has 10 atom stereocenters. The second-order valence-corrected chi connectivity index (χ2v) is 14.2. The summed E-state index contributed by atoms with van der Waals surface area (Å²) in [6.45, 7) is 5.45. The summed E-state index contributed by atoms with van der Waals surface area (Å²) >= 11 is 0. The molecule has 41 heavy (non-hydrogen) atoms. The fourth-order valence-electron chi connectivity index (χ4n) is 9.72. The van der Waals surface area contributed by atoms with Gasteiger partial charge in [0.2, 0.25) is 0 Å². The minimum Gasteiger partial charge on any atom is -0.369 e. The molecule has 1 amide bonds. The first-order valence-electron chi connectivity index (χ1n) is 16.8. The van der Waals surface area contributed by atoms with Gasteiger partial charge in [0.15, 0.2) is 5.78 Å². The summed E-state index contributed by atoms with van der Waals surface area (Å²) in [5, 5.41) is 3.04. The Morgan fingerprint density at radius 2 is 1.78 bits per heavy atom. The number of fused-ring (bicyclic) bond motifs is 3. The molecule has 228 valence electrons. The Hall–Kier alpha value is -1.55. The Morgan fingerprint density at radius 3 is 2.54 bits per heavy atom. The van der Waals surface area contributed by atoms with E-state index < -0.39 is 12.1 Å². The van der Waals surface area contributed by atoms with Crippen molar-refractivity contribution >= 4 is 11.7 Å². The number of likely N-dealkylation sites (tertiary alicyclic amines) is 2. The third-order valence-electron chi connectivity index (χ3n) is 11.8. The van der Waals surface area contributed by atoms with Crippen molar-refractivity contribution in [2.75, 3.05) is 39.3 Å². The highest BCUT2D eigenvalue weighted by molar-refractivity contribution is 6.20. The van der Waals surface area contributed by atoms with Crippen LogP contribution in [0.3, 0.4) is 0 Å². The smallest absolute Gasteiger partial charge is 0.256 e. The van der Waals surface area contributed by atoms with Crippen molar-refractivity contribution in [2.45, 2.75) is 120 Å². The number of amides is 1. The maximum absolute atomic E-state index is 16.1. The normalized spacial score (nSPS) is 42.8. The van der Waals surface area contributed by atoms with Crippen LogP contribution in [0.15, 0.2) is 11.8 Å². The summed E-state index contributed by atoms with van der Waals surface area (Å²) in [5.74, 6) is 0.308. The van der Waals surface area contributed by atoms with Gasteiger partial charge in [0.25, 0.3) is 5.91 Å². The van der Waals surface area contributed by atoms with E-state index in [0.717, 1.165) is 45.2 Å². The first-order chi connectivity index (χ1) is 20.0. The van der Waals surface area contributed by atoms with Gasteiger partial charge in [-0.2, -0.15) is 0 Å². The van der Waals surface area contributed by atoms with E-state index in [9.17, 15) is 9.59 Å². The number of Topliss-reactive ketones (excluding diaryl/α,β-unsaturated/α-hetero) is 1. The lowest BCUT2D eigenvalue weighted by atomic mass is 9.64. The second-order valence-electron chi connectivity index (χ2n) is 14.2. The fraction of sp³-hybridized carbons (Fsp3) is 0.875. The number of hydrogen-bond donors (Lipinski definition) is 2. The minimum atomic E-state index is -1.17. The number of ether oxygens (including phenoxy) is 1. The van der Waals surface area contributed by atoms with Crippen molar-refractivity contribution < 1.29 is 18.7 Å². The Kier molecular flexibility index (Phi) is 8.16. The molecule has 7 rings (SSSR count). The molecule has 3 aliphatic carbocycles. The van der Waals surface area contributed by atoms with Crippen LogP contribution in [0.4, 0.5) is 4.39 Å². The van der Waals surface area contributed by atoms with Crippen LogP contribution in [-0.4, -0.2) is 108 Å². The molecule has 0 bridgehead atoms. The van der Waals surface area contributed by atoms with Gasteiger partial charge in [-0.05, 0) is 82.8 Å². The predicted molar refractivity (Wildman–Crippen MR) is 155 cm³/mol. The zero-order chi connectivity index (χ0) is 28.1. The summed E-state index contributed by atoms with van der Waals surface area (Å²) in [6, 6.07) is -0.394. The molecule has 4 aliphatic heterocycles. The summed E-state index contributed by atoms with van der Waals surface area (Å²) in [6.07, 6.45) is 13.0. The zero-order valence-electron chi connectivity index (χ0n) is 24.6. The van der Waals surface area contributed by atoms with Crippen molar-refractivity contribution in [2.24, 2.45) is 23.5 Å². The Morgan fingerprint density at radius 1 is 1.00 bits per heavy atom. The number of carbonyl (C=O) groups excluding carboxylic acids is 2. The molecule has 9 heteroatoms. The number of alkyl halides is 1. The van der Waals surface area contributed by atoms with E-state index >= 15 is 4.39 Å². The molecule has 3 saturated carbocycles. The minimum absolute atomic E-state index is 0.0136. The van der Waals surface area contributed by atoms with Gasteiger partial charge >= 0.3 is 0 Å². The molecule has 3 saturated heterocycles. The van der Waals surface area contributed by atoms with Gasteiger partial charge in [0.05, 0.1) is 35.9 Å². The number of ketones is 1. The lowest BCUT2D eigenvalue weighted by Gasteiger charge is -2.61. The monoisotopic (exact) mass is 571 g/mol. The number of morpholine rings is 1. The van der Waals surface area contributed by atoms with Crippen LogP contribution in [0.1, 0.15) is 77.0 Å². The highest BCUT2D eigenvalue weighted by Crippen LogP contribution is 2.50. The summed E-state index contributed by atoms with van der Waals surface area (Å²) < 4.78 is 23.1. The van der Waals surface area contributed by atoms with Gasteiger partial charge in [0.1, 0.15) is 6.17 Å². The van der Waals surface area contributed by atoms with Crippen LogP contribution in [-0.2, 0) is 14.3 Å². The average molecular weight is 572 g/mol. The molecular weight excluding hydrogens is 521 g/mol. The van der Waals surface area contributed by atoms with Crippen molar-refractivity contribution in [3.05, 3.63) is 11.8 Å². The highest BCUT2D eigenvalue weighted by Gasteiger charge is 2.60. The lowest BCUT2D eigenvalue weighted by Crippen LogP contribution is -2.73. The topological polar surface area (TPSA) is 91.1 Å². The van der Waals surface area contributed by atoms with Crippen molar-refractivity contribution in [1.82, 2.24) is 20.0 Å². The molecule has 10 unspecified atom stereocenters. The van der Waals surface area contributed by atoms with E-state index in [1.54, 1.807) is 0 Å². The molecule has 0 aromatic rings. The number of nitrogens with one attached hydrogen (secondary N) is 1. The third kappa shape index (κ3) is 5.38. The van der Waals surface area contributed by atoms with Crippen LogP contribution in [0.2, 0.25) is 0 Å². The van der Waals surface area contributed by atoms with Crippen molar-refractivity contribution in [1.29, 1.82) is 0 Å². The molecule has 4 heterocycles. The number of nitrogens with zero attached hydrogens (tertiary/aromatic N) is 3. The number of rotatable bonds is 7. The molecular formula is C32H50FN5O3. The first kappa shape index (κ1) is 28.2. The largest absolute Gasteiger partial charge is 0.369 e.